The molecule has 1 amide bonds. The molecule has 0 saturated carbocycles. The molecule has 1 aliphatic heterocycles. The van der Waals surface area contributed by atoms with Crippen LogP contribution in [0.5, 0.6) is 11.5 Å². The Labute approximate surface area is 184 Å². The number of nitro groups is 1. The van der Waals surface area contributed by atoms with Crippen molar-refractivity contribution in [1.82, 2.24) is 5.32 Å². The van der Waals surface area contributed by atoms with Gasteiger partial charge in [-0.25, -0.2) is 0 Å². The lowest BCUT2D eigenvalue weighted by Crippen LogP contribution is -2.38. The number of benzene rings is 1. The second-order valence-electron chi connectivity index (χ2n) is 8.89. The van der Waals surface area contributed by atoms with Gasteiger partial charge < -0.3 is 20.5 Å². The average Bonchev–Trinajstić information content (AvgIpc) is 3.11. The van der Waals surface area contributed by atoms with Gasteiger partial charge in [0.2, 0.25) is 5.75 Å². The number of methoxy groups -OCH3 is 1. The Hall–Kier alpha value is -2.81. The minimum atomic E-state index is -0.670. The van der Waals surface area contributed by atoms with Crippen molar-refractivity contribution in [3.8, 4) is 11.5 Å². The van der Waals surface area contributed by atoms with Crippen molar-refractivity contribution in [2.24, 2.45) is 11.3 Å². The van der Waals surface area contributed by atoms with Gasteiger partial charge in [0.05, 0.1) is 17.6 Å². The first-order chi connectivity index (χ1) is 14.7. The van der Waals surface area contributed by atoms with Gasteiger partial charge in [0, 0.05) is 16.5 Å². The number of nitro benzene ring substituents is 1. The lowest BCUT2D eigenvalue weighted by molar-refractivity contribution is -0.386. The second-order valence-corrected chi connectivity index (χ2v) is 9.99. The van der Waals surface area contributed by atoms with E-state index in [4.69, 9.17) is 4.74 Å². The molecule has 0 fully saturated rings. The predicted molar refractivity (Wildman–Crippen MR) is 119 cm³/mol. The van der Waals surface area contributed by atoms with Crippen LogP contribution in [0.15, 0.2) is 12.1 Å². The largest absolute Gasteiger partial charge is 0.500 e. The third-order valence-electron chi connectivity index (χ3n) is 6.89. The number of rotatable bonds is 5. The van der Waals surface area contributed by atoms with Crippen LogP contribution in [0.1, 0.15) is 66.1 Å². The van der Waals surface area contributed by atoms with E-state index in [1.165, 1.54) is 24.1 Å². The maximum absolute atomic E-state index is 13.0. The summed E-state index contributed by atoms with van der Waals surface area (Å²) < 4.78 is 5.09. The summed E-state index contributed by atoms with van der Waals surface area (Å²) in [6, 6.07) is 2.76. The van der Waals surface area contributed by atoms with E-state index in [0.717, 1.165) is 36.2 Å². The fraction of sp³-hybridized carbons (Fsp3) is 0.500. The highest BCUT2D eigenvalue weighted by Gasteiger charge is 2.38. The number of nitrogens with one attached hydrogen (secondary N) is 2. The minimum Gasteiger partial charge on any atom is -0.500 e. The standard InChI is InChI=1S/C22H27N3O5S/c1-5-22(2,3)12-6-7-13-16(10-12)31-21-17(13)20(27)23-19(24-21)11-8-14(25(28)29)18(26)15(9-11)30-4/h8-9,12,19,24,26H,5-7,10H2,1-4H3,(H,23,27)/t12-,19+/m1/s1. The molecular weight excluding hydrogens is 418 g/mol. The van der Waals surface area contributed by atoms with Crippen molar-refractivity contribution in [1.29, 1.82) is 0 Å². The fourth-order valence-corrected chi connectivity index (χ4v) is 5.85. The number of hydrogen-bond donors (Lipinski definition) is 3. The first kappa shape index (κ1) is 21.4. The Morgan fingerprint density at radius 3 is 2.74 bits per heavy atom. The summed E-state index contributed by atoms with van der Waals surface area (Å²) in [6.07, 6.45) is 3.37. The highest BCUT2D eigenvalue weighted by atomic mass is 32.1. The number of ether oxygens (including phenoxy) is 1. The molecule has 4 rings (SSSR count). The minimum absolute atomic E-state index is 0.0128. The van der Waals surface area contributed by atoms with Gasteiger partial charge in [0.15, 0.2) is 5.75 Å². The van der Waals surface area contributed by atoms with Crippen LogP contribution in [-0.4, -0.2) is 23.0 Å². The number of anilines is 1. The summed E-state index contributed by atoms with van der Waals surface area (Å²) in [7, 11) is 1.33. The topological polar surface area (TPSA) is 114 Å². The molecule has 0 bridgehead atoms. The SMILES string of the molecule is CCC(C)(C)[C@@H]1CCc2c(sc3c2C(=O)N[C@H](c2cc(OC)c(O)c([N+](=O)[O-])c2)N3)C1. The van der Waals surface area contributed by atoms with Crippen LogP contribution < -0.4 is 15.4 Å². The Kier molecular flexibility index (Phi) is 5.33. The summed E-state index contributed by atoms with van der Waals surface area (Å²) in [5, 5.41) is 28.4. The van der Waals surface area contributed by atoms with Crippen LogP contribution in [0.3, 0.4) is 0 Å². The summed E-state index contributed by atoms with van der Waals surface area (Å²) >= 11 is 1.61. The van der Waals surface area contributed by atoms with E-state index in [1.807, 2.05) is 0 Å². The molecule has 1 aromatic carbocycles. The van der Waals surface area contributed by atoms with Crippen LogP contribution in [0.25, 0.3) is 0 Å². The summed E-state index contributed by atoms with van der Waals surface area (Å²) in [4.78, 5) is 24.9. The molecule has 0 unspecified atom stereocenters. The first-order valence-corrected chi connectivity index (χ1v) is 11.2. The molecule has 1 aromatic heterocycles. The van der Waals surface area contributed by atoms with E-state index in [0.29, 0.717) is 17.0 Å². The fourth-order valence-electron chi connectivity index (χ4n) is 4.50. The lowest BCUT2D eigenvalue weighted by atomic mass is 9.69. The van der Waals surface area contributed by atoms with Gasteiger partial charge in [0.25, 0.3) is 5.91 Å². The third kappa shape index (κ3) is 3.60. The molecule has 2 aliphatic rings. The van der Waals surface area contributed by atoms with Crippen molar-refractivity contribution in [2.75, 3.05) is 12.4 Å². The first-order valence-electron chi connectivity index (χ1n) is 10.4. The summed E-state index contributed by atoms with van der Waals surface area (Å²) in [5.41, 5.74) is 2.05. The zero-order valence-corrected chi connectivity index (χ0v) is 18.9. The van der Waals surface area contributed by atoms with Crippen LogP contribution in [0.4, 0.5) is 10.7 Å². The van der Waals surface area contributed by atoms with Crippen molar-refractivity contribution in [2.45, 2.75) is 52.6 Å². The Morgan fingerprint density at radius 2 is 2.10 bits per heavy atom. The molecule has 8 nitrogen and oxygen atoms in total. The van der Waals surface area contributed by atoms with E-state index in [1.54, 1.807) is 11.3 Å². The third-order valence-corrected chi connectivity index (χ3v) is 8.07. The quantitative estimate of drug-likeness (QED) is 0.451. The van der Waals surface area contributed by atoms with Gasteiger partial charge in [-0.1, -0.05) is 27.2 Å². The zero-order chi connectivity index (χ0) is 22.5. The van der Waals surface area contributed by atoms with E-state index in [9.17, 15) is 20.0 Å². The highest BCUT2D eigenvalue weighted by Crippen LogP contribution is 2.47. The van der Waals surface area contributed by atoms with Crippen molar-refractivity contribution < 1.29 is 19.6 Å². The molecule has 2 atom stereocenters. The van der Waals surface area contributed by atoms with Gasteiger partial charge in [-0.15, -0.1) is 11.3 Å². The Bertz CT molecular complexity index is 1060. The van der Waals surface area contributed by atoms with Gasteiger partial charge in [-0.05, 0) is 42.2 Å². The molecular formula is C22H27N3O5S. The van der Waals surface area contributed by atoms with Crippen molar-refractivity contribution in [3.05, 3.63) is 43.8 Å². The van der Waals surface area contributed by atoms with Gasteiger partial charge >= 0.3 is 5.69 Å². The number of fused-ring (bicyclic) bond motifs is 3. The number of amides is 1. The predicted octanol–water partition coefficient (Wildman–Crippen LogP) is 4.77. The molecule has 0 saturated heterocycles. The molecule has 0 spiro atoms. The van der Waals surface area contributed by atoms with E-state index < -0.39 is 22.5 Å². The number of carbonyl (C=O) groups is 1. The molecule has 31 heavy (non-hydrogen) atoms. The monoisotopic (exact) mass is 445 g/mol. The highest BCUT2D eigenvalue weighted by molar-refractivity contribution is 7.16. The van der Waals surface area contributed by atoms with Crippen LogP contribution in [0, 0.1) is 21.4 Å². The molecule has 0 radical (unpaired) electrons. The van der Waals surface area contributed by atoms with Crippen molar-refractivity contribution in [3.63, 3.8) is 0 Å². The second kappa shape index (κ2) is 7.71. The van der Waals surface area contributed by atoms with E-state index in [-0.39, 0.29) is 17.1 Å². The van der Waals surface area contributed by atoms with Crippen molar-refractivity contribution >= 4 is 27.9 Å². The van der Waals surface area contributed by atoms with E-state index in [2.05, 4.69) is 31.4 Å². The van der Waals surface area contributed by atoms with E-state index >= 15 is 0 Å². The Balaban J connectivity index is 1.67. The summed E-state index contributed by atoms with van der Waals surface area (Å²) in [5.74, 6) is -0.150. The molecule has 2 aromatic rings. The average molecular weight is 446 g/mol. The normalized spacial score (nSPS) is 20.3. The number of hydrogen-bond acceptors (Lipinski definition) is 7. The van der Waals surface area contributed by atoms with Gasteiger partial charge in [0.1, 0.15) is 11.2 Å². The molecule has 2 heterocycles. The molecule has 1 aliphatic carbocycles. The number of aromatic hydroxyl groups is 1. The van der Waals surface area contributed by atoms with Gasteiger partial charge in [-0.3, -0.25) is 14.9 Å². The summed E-state index contributed by atoms with van der Waals surface area (Å²) in [6.45, 7) is 6.84. The van der Waals surface area contributed by atoms with Gasteiger partial charge in [-0.2, -0.15) is 0 Å². The van der Waals surface area contributed by atoms with Crippen LogP contribution in [-0.2, 0) is 12.8 Å². The van der Waals surface area contributed by atoms with Crippen LogP contribution >= 0.6 is 11.3 Å². The Morgan fingerprint density at radius 1 is 1.35 bits per heavy atom. The number of nitrogens with zero attached hydrogens (tertiary/aromatic N) is 1. The number of thiophene rings is 1. The maximum Gasteiger partial charge on any atom is 0.315 e. The smallest absolute Gasteiger partial charge is 0.315 e. The maximum atomic E-state index is 13.0. The molecule has 3 N–H and O–H groups in total. The number of phenols is 1. The van der Waals surface area contributed by atoms with Crippen LogP contribution in [0.2, 0.25) is 0 Å². The molecule has 9 heteroatoms. The zero-order valence-electron chi connectivity index (χ0n) is 18.1. The number of phenolic OH excluding ortho intramolecular Hbond substituents is 1. The molecule has 166 valence electrons. The number of carbonyl (C=O) groups excluding carboxylic acids is 1. The lowest BCUT2D eigenvalue weighted by Gasteiger charge is -2.36.